The lowest BCUT2D eigenvalue weighted by atomic mass is 9.86. The molecule has 2 heterocycles. The van der Waals surface area contributed by atoms with Crippen LogP contribution in [0.5, 0.6) is 11.6 Å². The summed E-state index contributed by atoms with van der Waals surface area (Å²) in [6.45, 7) is 1.83. The molecule has 1 aromatic carbocycles. The van der Waals surface area contributed by atoms with E-state index in [0.717, 1.165) is 4.68 Å². The van der Waals surface area contributed by atoms with E-state index < -0.39 is 18.0 Å². The van der Waals surface area contributed by atoms with Crippen LogP contribution in [0.3, 0.4) is 0 Å². The van der Waals surface area contributed by atoms with Crippen LogP contribution < -0.4 is 9.47 Å². The number of carbonyl (C=O) groups excluding carboxylic acids is 1. The number of benzene rings is 1. The van der Waals surface area contributed by atoms with Crippen LogP contribution in [0.25, 0.3) is 0 Å². The summed E-state index contributed by atoms with van der Waals surface area (Å²) >= 11 is 0. The molecule has 0 radical (unpaired) electrons. The molecular formula is C19H21F3N2O3. The Bertz CT molecular complexity index is 845. The van der Waals surface area contributed by atoms with Crippen molar-refractivity contribution in [1.29, 1.82) is 0 Å². The summed E-state index contributed by atoms with van der Waals surface area (Å²) in [5, 5.41) is 3.62. The maximum atomic E-state index is 13.3. The van der Waals surface area contributed by atoms with Gasteiger partial charge in [0.15, 0.2) is 11.5 Å². The van der Waals surface area contributed by atoms with Crippen molar-refractivity contribution >= 4 is 5.78 Å². The van der Waals surface area contributed by atoms with Crippen molar-refractivity contribution in [1.82, 2.24) is 9.78 Å². The summed E-state index contributed by atoms with van der Waals surface area (Å²) in [5.41, 5.74) is -0.320. The Labute approximate surface area is 155 Å². The van der Waals surface area contributed by atoms with Crippen LogP contribution in [0.4, 0.5) is 13.2 Å². The minimum Gasteiger partial charge on any atom is -0.497 e. The van der Waals surface area contributed by atoms with Gasteiger partial charge in [0.05, 0.1) is 7.11 Å². The molecule has 0 spiro atoms. The summed E-state index contributed by atoms with van der Waals surface area (Å²) in [6.07, 6.45) is -4.11. The van der Waals surface area contributed by atoms with E-state index in [0.29, 0.717) is 24.2 Å². The van der Waals surface area contributed by atoms with Crippen molar-refractivity contribution in [2.75, 3.05) is 7.11 Å². The zero-order valence-corrected chi connectivity index (χ0v) is 15.3. The Morgan fingerprint density at radius 3 is 2.78 bits per heavy atom. The first-order valence-electron chi connectivity index (χ1n) is 8.72. The second-order valence-corrected chi connectivity index (χ2v) is 6.63. The lowest BCUT2D eigenvalue weighted by Crippen LogP contribution is -2.29. The van der Waals surface area contributed by atoms with Gasteiger partial charge in [-0.15, -0.1) is 0 Å². The monoisotopic (exact) mass is 382 g/mol. The van der Waals surface area contributed by atoms with Crippen molar-refractivity contribution in [2.45, 2.75) is 44.4 Å². The van der Waals surface area contributed by atoms with E-state index in [9.17, 15) is 18.0 Å². The summed E-state index contributed by atoms with van der Waals surface area (Å²) < 4.78 is 51.9. The number of carbonyl (C=O) groups is 1. The van der Waals surface area contributed by atoms with Gasteiger partial charge in [0, 0.05) is 24.6 Å². The molecule has 0 bridgehead atoms. The summed E-state index contributed by atoms with van der Waals surface area (Å²) in [5.74, 6) is 0.169. The number of rotatable bonds is 5. The van der Waals surface area contributed by atoms with E-state index in [2.05, 4.69) is 5.10 Å². The number of nitrogens with zero attached hydrogens (tertiary/aromatic N) is 2. The molecule has 0 fully saturated rings. The molecule has 1 aliphatic rings. The molecule has 1 aromatic heterocycles. The average molecular weight is 382 g/mol. The van der Waals surface area contributed by atoms with Crippen LogP contribution >= 0.6 is 0 Å². The van der Waals surface area contributed by atoms with Gasteiger partial charge in [-0.1, -0.05) is 19.1 Å². The SMILES string of the molecule is CC[C@@H]1C[C@@H](CC(=O)c2cccc(OC)c2)Oc2c1c(C(F)(F)F)nn2C. The summed E-state index contributed by atoms with van der Waals surface area (Å²) in [4.78, 5) is 12.6. The number of hydrogen-bond acceptors (Lipinski definition) is 4. The molecule has 2 aromatic rings. The number of hydrogen-bond donors (Lipinski definition) is 0. The lowest BCUT2D eigenvalue weighted by molar-refractivity contribution is -0.142. The molecule has 2 atom stereocenters. The van der Waals surface area contributed by atoms with Crippen molar-refractivity contribution in [2.24, 2.45) is 7.05 Å². The largest absolute Gasteiger partial charge is 0.497 e. The molecule has 146 valence electrons. The standard InChI is InChI=1S/C19H21F3N2O3/c1-4-11-8-14(10-15(25)12-6-5-7-13(9-12)26-3)27-18-16(11)17(19(20,21)22)23-24(18)2/h5-7,9,11,14H,4,8,10H2,1-3H3/t11-,14+/m1/s1. The van der Waals surface area contributed by atoms with Gasteiger partial charge in [0.1, 0.15) is 11.9 Å². The molecule has 27 heavy (non-hydrogen) atoms. The normalized spacial score (nSPS) is 19.3. The summed E-state index contributed by atoms with van der Waals surface area (Å²) in [7, 11) is 2.94. The van der Waals surface area contributed by atoms with E-state index in [1.807, 2.05) is 6.92 Å². The Kier molecular flexibility index (Phi) is 5.17. The minimum absolute atomic E-state index is 0.0790. The Balaban J connectivity index is 1.84. The molecule has 0 saturated heterocycles. The zero-order chi connectivity index (χ0) is 19.8. The highest BCUT2D eigenvalue weighted by molar-refractivity contribution is 5.96. The average Bonchev–Trinajstić information content (AvgIpc) is 2.98. The fourth-order valence-electron chi connectivity index (χ4n) is 3.50. The summed E-state index contributed by atoms with van der Waals surface area (Å²) in [6, 6.07) is 6.78. The van der Waals surface area contributed by atoms with Gasteiger partial charge in [-0.25, -0.2) is 4.68 Å². The maximum Gasteiger partial charge on any atom is 0.435 e. The van der Waals surface area contributed by atoms with E-state index in [1.54, 1.807) is 24.3 Å². The molecule has 8 heteroatoms. The van der Waals surface area contributed by atoms with Crippen molar-refractivity contribution < 1.29 is 27.4 Å². The second-order valence-electron chi connectivity index (χ2n) is 6.63. The quantitative estimate of drug-likeness (QED) is 0.721. The number of ether oxygens (including phenoxy) is 2. The molecule has 0 amide bonds. The number of methoxy groups -OCH3 is 1. The molecule has 0 unspecified atom stereocenters. The first-order chi connectivity index (χ1) is 12.7. The number of ketones is 1. The molecule has 5 nitrogen and oxygen atoms in total. The van der Waals surface area contributed by atoms with E-state index in [1.165, 1.54) is 14.2 Å². The third-order valence-electron chi connectivity index (χ3n) is 4.83. The van der Waals surface area contributed by atoms with Crippen LogP contribution in [0, 0.1) is 0 Å². The Morgan fingerprint density at radius 1 is 1.41 bits per heavy atom. The third kappa shape index (κ3) is 3.79. The van der Waals surface area contributed by atoms with Crippen LogP contribution in [-0.4, -0.2) is 28.8 Å². The highest BCUT2D eigenvalue weighted by Crippen LogP contribution is 2.45. The number of halogens is 3. The number of aromatic nitrogens is 2. The van der Waals surface area contributed by atoms with Crippen LogP contribution in [0.2, 0.25) is 0 Å². The highest BCUT2D eigenvalue weighted by Gasteiger charge is 2.44. The zero-order valence-electron chi connectivity index (χ0n) is 15.3. The van der Waals surface area contributed by atoms with Crippen molar-refractivity contribution in [3.05, 3.63) is 41.1 Å². The maximum absolute atomic E-state index is 13.3. The van der Waals surface area contributed by atoms with Crippen LogP contribution in [0.1, 0.15) is 53.7 Å². The predicted octanol–water partition coefficient (Wildman–Crippen LogP) is 4.37. The van der Waals surface area contributed by atoms with Gasteiger partial charge in [-0.05, 0) is 30.9 Å². The first kappa shape index (κ1) is 19.3. The molecule has 0 saturated carbocycles. The third-order valence-corrected chi connectivity index (χ3v) is 4.83. The highest BCUT2D eigenvalue weighted by atomic mass is 19.4. The molecular weight excluding hydrogens is 361 g/mol. The number of alkyl halides is 3. The van der Waals surface area contributed by atoms with Gasteiger partial charge in [-0.3, -0.25) is 4.79 Å². The molecule has 0 N–H and O–H groups in total. The van der Waals surface area contributed by atoms with Crippen molar-refractivity contribution in [3.8, 4) is 11.6 Å². The van der Waals surface area contributed by atoms with E-state index in [-0.39, 0.29) is 29.6 Å². The number of Topliss-reactive ketones (excluding diaryl/α,β-unsaturated/α-hetero) is 1. The fraction of sp³-hybridized carbons (Fsp3) is 0.474. The van der Waals surface area contributed by atoms with Gasteiger partial charge >= 0.3 is 6.18 Å². The van der Waals surface area contributed by atoms with E-state index >= 15 is 0 Å². The van der Waals surface area contributed by atoms with E-state index in [4.69, 9.17) is 9.47 Å². The first-order valence-corrected chi connectivity index (χ1v) is 8.72. The van der Waals surface area contributed by atoms with Gasteiger partial charge in [-0.2, -0.15) is 18.3 Å². The van der Waals surface area contributed by atoms with Gasteiger partial charge < -0.3 is 9.47 Å². The van der Waals surface area contributed by atoms with Crippen molar-refractivity contribution in [3.63, 3.8) is 0 Å². The minimum atomic E-state index is -4.54. The van der Waals surface area contributed by atoms with Gasteiger partial charge in [0.2, 0.25) is 5.88 Å². The van der Waals surface area contributed by atoms with Gasteiger partial charge in [0.25, 0.3) is 0 Å². The smallest absolute Gasteiger partial charge is 0.435 e. The Morgan fingerprint density at radius 2 is 2.15 bits per heavy atom. The molecule has 1 aliphatic heterocycles. The molecule has 0 aliphatic carbocycles. The molecule has 3 rings (SSSR count). The fourth-order valence-corrected chi connectivity index (χ4v) is 3.50. The number of fused-ring (bicyclic) bond motifs is 1. The Hall–Kier alpha value is -2.51. The lowest BCUT2D eigenvalue weighted by Gasteiger charge is -2.30. The topological polar surface area (TPSA) is 53.4 Å². The van der Waals surface area contributed by atoms with Crippen LogP contribution in [0.15, 0.2) is 24.3 Å². The number of aryl methyl sites for hydroxylation is 1. The second kappa shape index (κ2) is 7.25. The predicted molar refractivity (Wildman–Crippen MR) is 92.2 cm³/mol. The van der Waals surface area contributed by atoms with Crippen LogP contribution in [-0.2, 0) is 13.2 Å².